The first kappa shape index (κ1) is 15.3. The van der Waals surface area contributed by atoms with Crippen LogP contribution in [0.1, 0.15) is 57.8 Å². The van der Waals surface area contributed by atoms with Crippen molar-refractivity contribution in [1.29, 1.82) is 0 Å². The fourth-order valence-corrected chi connectivity index (χ4v) is 3.40. The van der Waals surface area contributed by atoms with Gasteiger partial charge in [-0.25, -0.2) is 4.40 Å². The van der Waals surface area contributed by atoms with Crippen LogP contribution in [0.15, 0.2) is 16.0 Å². The Bertz CT molecular complexity index is 442. The van der Waals surface area contributed by atoms with Crippen molar-refractivity contribution in [3.63, 3.8) is 0 Å². The molecule has 1 N–H and O–H groups in total. The summed E-state index contributed by atoms with van der Waals surface area (Å²) in [5.41, 5.74) is 2.28. The van der Waals surface area contributed by atoms with E-state index in [0.29, 0.717) is 12.8 Å². The number of aliphatic carboxylic acids is 1. The van der Waals surface area contributed by atoms with Crippen LogP contribution in [0, 0.1) is 0 Å². The van der Waals surface area contributed by atoms with E-state index in [4.69, 9.17) is 5.11 Å². The third kappa shape index (κ3) is 4.20. The highest BCUT2D eigenvalue weighted by atomic mass is 32.2. The van der Waals surface area contributed by atoms with E-state index >= 15 is 0 Å². The Morgan fingerprint density at radius 1 is 1.15 bits per heavy atom. The molecule has 0 spiro atoms. The Kier molecular flexibility index (Phi) is 5.83. The lowest BCUT2D eigenvalue weighted by Crippen LogP contribution is -2.27. The molecule has 0 amide bonds. The molecule has 0 radical (unpaired) electrons. The maximum Gasteiger partial charge on any atom is 0.326 e. The topological polar surface area (TPSA) is 66.7 Å². The average Bonchev–Trinajstić information content (AvgIpc) is 2.34. The number of carbonyl (C=O) groups excluding carboxylic acids is 1. The third-order valence-electron chi connectivity index (χ3n) is 3.78. The average molecular weight is 295 g/mol. The van der Waals surface area contributed by atoms with E-state index in [2.05, 4.69) is 10.5 Å². The fraction of sp³-hybridized carbons (Fsp3) is 0.667. The Morgan fingerprint density at radius 2 is 1.95 bits per heavy atom. The van der Waals surface area contributed by atoms with Crippen LogP contribution in [-0.4, -0.2) is 27.8 Å². The zero-order chi connectivity index (χ0) is 14.4. The summed E-state index contributed by atoms with van der Waals surface area (Å²) in [5.74, 6) is -1.28. The van der Waals surface area contributed by atoms with Crippen molar-refractivity contribution in [3.8, 4) is 0 Å². The van der Waals surface area contributed by atoms with Gasteiger partial charge in [0.15, 0.2) is 11.0 Å². The molecule has 0 aromatic carbocycles. The van der Waals surface area contributed by atoms with Gasteiger partial charge in [-0.05, 0) is 56.0 Å². The van der Waals surface area contributed by atoms with E-state index in [-0.39, 0.29) is 5.78 Å². The van der Waals surface area contributed by atoms with Gasteiger partial charge in [0.1, 0.15) is 0 Å². The van der Waals surface area contributed by atoms with Crippen LogP contribution in [0.5, 0.6) is 0 Å². The number of ketones is 1. The maximum absolute atomic E-state index is 11.7. The van der Waals surface area contributed by atoms with Crippen molar-refractivity contribution in [2.24, 2.45) is 4.40 Å². The largest absolute Gasteiger partial charge is 0.480 e. The predicted molar refractivity (Wildman–Crippen MR) is 81.1 cm³/mol. The molecule has 0 saturated heterocycles. The fourth-order valence-electron chi connectivity index (χ4n) is 2.64. The predicted octanol–water partition coefficient (Wildman–Crippen LogP) is 3.56. The van der Waals surface area contributed by atoms with Crippen molar-refractivity contribution in [2.45, 2.75) is 63.0 Å². The van der Waals surface area contributed by atoms with Crippen LogP contribution < -0.4 is 0 Å². The van der Waals surface area contributed by atoms with E-state index in [0.717, 1.165) is 36.9 Å². The molecule has 1 unspecified atom stereocenters. The number of rotatable bonds is 2. The molecule has 110 valence electrons. The first-order valence-electron chi connectivity index (χ1n) is 7.36. The van der Waals surface area contributed by atoms with Crippen molar-refractivity contribution in [1.82, 2.24) is 0 Å². The van der Waals surface area contributed by atoms with Crippen LogP contribution >= 0.6 is 11.9 Å². The number of hydrogen-bond acceptors (Lipinski definition) is 4. The highest BCUT2D eigenvalue weighted by Crippen LogP contribution is 2.26. The van der Waals surface area contributed by atoms with Gasteiger partial charge in [0.2, 0.25) is 0 Å². The summed E-state index contributed by atoms with van der Waals surface area (Å²) in [6, 6.07) is 0. The second-order valence-corrected chi connectivity index (χ2v) is 6.23. The minimum absolute atomic E-state index is 0.211. The van der Waals surface area contributed by atoms with Gasteiger partial charge < -0.3 is 5.11 Å². The van der Waals surface area contributed by atoms with Crippen molar-refractivity contribution in [2.75, 3.05) is 0 Å². The van der Waals surface area contributed by atoms with E-state index in [1.807, 2.05) is 0 Å². The van der Waals surface area contributed by atoms with Crippen molar-refractivity contribution in [3.05, 3.63) is 11.6 Å². The maximum atomic E-state index is 11.7. The molecule has 0 aromatic rings. The Labute approximate surface area is 123 Å². The lowest BCUT2D eigenvalue weighted by atomic mass is 9.94. The highest BCUT2D eigenvalue weighted by Gasteiger charge is 2.28. The molecule has 5 heteroatoms. The second-order valence-electron chi connectivity index (χ2n) is 5.36. The number of hydrogen-bond donors (Lipinski definition) is 1. The zero-order valence-corrected chi connectivity index (χ0v) is 12.5. The van der Waals surface area contributed by atoms with E-state index in [9.17, 15) is 9.59 Å². The summed E-state index contributed by atoms with van der Waals surface area (Å²) in [5, 5.41) is 8.05. The van der Waals surface area contributed by atoms with Gasteiger partial charge in [0, 0.05) is 6.42 Å². The summed E-state index contributed by atoms with van der Waals surface area (Å²) in [6.07, 6.45) is 11.2. The lowest BCUT2D eigenvalue weighted by Gasteiger charge is -2.17. The molecule has 1 atom stereocenters. The van der Waals surface area contributed by atoms with Crippen molar-refractivity contribution >= 4 is 29.4 Å². The molecule has 4 nitrogen and oxygen atoms in total. The first-order chi connectivity index (χ1) is 9.68. The molecular weight excluding hydrogens is 274 g/mol. The summed E-state index contributed by atoms with van der Waals surface area (Å²) in [7, 11) is 0. The summed E-state index contributed by atoms with van der Waals surface area (Å²) >= 11 is 0.925. The number of nitrogens with zero attached hydrogens (tertiary/aromatic N) is 1. The molecule has 0 saturated carbocycles. The van der Waals surface area contributed by atoms with Crippen LogP contribution in [0.2, 0.25) is 0 Å². The van der Waals surface area contributed by atoms with Crippen molar-refractivity contribution < 1.29 is 14.7 Å². The highest BCUT2D eigenvalue weighted by molar-refractivity contribution is 8.00. The van der Waals surface area contributed by atoms with Crippen LogP contribution in [0.25, 0.3) is 0 Å². The summed E-state index contributed by atoms with van der Waals surface area (Å²) < 4.78 is 4.40. The number of allylic oxidation sites excluding steroid dienone is 2. The Hall–Kier alpha value is -1.10. The summed E-state index contributed by atoms with van der Waals surface area (Å²) in [6.45, 7) is 0. The van der Waals surface area contributed by atoms with E-state index in [1.54, 1.807) is 0 Å². The number of Topliss-reactive ketones (excluding diaryl/α,β-unsaturated/α-hetero) is 1. The van der Waals surface area contributed by atoms with Gasteiger partial charge in [0.25, 0.3) is 0 Å². The molecule has 1 aliphatic heterocycles. The normalized spacial score (nSPS) is 25.6. The van der Waals surface area contributed by atoms with Crippen LogP contribution in [0.3, 0.4) is 0 Å². The zero-order valence-electron chi connectivity index (χ0n) is 11.6. The van der Waals surface area contributed by atoms with Crippen LogP contribution in [-0.2, 0) is 9.59 Å². The molecule has 0 fully saturated rings. The molecule has 0 aromatic heterocycles. The lowest BCUT2D eigenvalue weighted by molar-refractivity contribution is -0.139. The van der Waals surface area contributed by atoms with Gasteiger partial charge in [-0.15, -0.1) is 0 Å². The Balaban J connectivity index is 2.13. The molecule has 20 heavy (non-hydrogen) atoms. The second kappa shape index (κ2) is 7.62. The standard InChI is InChI=1S/C15H21NO3S/c17-13-10-6-9-12(16-20-14(13)15(18)19)11-7-4-2-1-3-5-8-11/h7,14H,1-6,8-10H2,(H,18,19). The number of carboxylic acid groups (broad SMARTS) is 1. The summed E-state index contributed by atoms with van der Waals surface area (Å²) in [4.78, 5) is 22.8. The third-order valence-corrected chi connectivity index (χ3v) is 4.78. The smallest absolute Gasteiger partial charge is 0.326 e. The van der Waals surface area contributed by atoms with Gasteiger partial charge in [0.05, 0.1) is 5.71 Å². The number of carbonyl (C=O) groups is 2. The quantitative estimate of drug-likeness (QED) is 0.625. The SMILES string of the molecule is O=C(O)C1SN=C(C2=CCCCCCC2)CCCC1=O. The molecule has 1 aliphatic carbocycles. The molecular formula is C15H21NO3S. The first-order valence-corrected chi connectivity index (χ1v) is 8.20. The monoisotopic (exact) mass is 295 g/mol. The van der Waals surface area contributed by atoms with Gasteiger partial charge in [-0.3, -0.25) is 9.59 Å². The number of carboxylic acids is 1. The molecule has 2 rings (SSSR count). The Morgan fingerprint density at radius 3 is 2.75 bits per heavy atom. The molecule has 2 aliphatic rings. The van der Waals surface area contributed by atoms with Gasteiger partial charge in [-0.2, -0.15) is 0 Å². The molecule has 1 heterocycles. The minimum atomic E-state index is -1.07. The van der Waals surface area contributed by atoms with Crippen LogP contribution in [0.4, 0.5) is 0 Å². The minimum Gasteiger partial charge on any atom is -0.480 e. The van der Waals surface area contributed by atoms with E-state index in [1.165, 1.54) is 31.3 Å². The van der Waals surface area contributed by atoms with Gasteiger partial charge in [-0.1, -0.05) is 18.9 Å². The van der Waals surface area contributed by atoms with Gasteiger partial charge >= 0.3 is 5.97 Å². The molecule has 0 bridgehead atoms. The van der Waals surface area contributed by atoms with E-state index < -0.39 is 11.2 Å².